The molecular weight excluding hydrogens is 402 g/mol. The Morgan fingerprint density at radius 2 is 2.03 bits per heavy atom. The van der Waals surface area contributed by atoms with Gasteiger partial charge in [-0.3, -0.25) is 4.98 Å². The second-order valence-electron chi connectivity index (χ2n) is 8.57. The Balaban J connectivity index is 1.39. The van der Waals surface area contributed by atoms with Gasteiger partial charge in [0, 0.05) is 44.1 Å². The SMILES string of the molecule is CCNC(=O)N1CCC2(CC1)OCCc1cc(-c3ccc4cccnc4c3C)ccc1O2. The van der Waals surface area contributed by atoms with Crippen LogP contribution in [0.25, 0.3) is 22.0 Å². The molecule has 5 rings (SSSR count). The fourth-order valence-corrected chi connectivity index (χ4v) is 4.78. The number of aryl methyl sites for hydroxylation is 1. The summed E-state index contributed by atoms with van der Waals surface area (Å²) in [5, 5.41) is 4.03. The summed E-state index contributed by atoms with van der Waals surface area (Å²) >= 11 is 0. The average molecular weight is 432 g/mol. The fraction of sp³-hybridized carbons (Fsp3) is 0.385. The highest BCUT2D eigenvalue weighted by Gasteiger charge is 2.40. The van der Waals surface area contributed by atoms with Gasteiger partial charge in [0.05, 0.1) is 12.1 Å². The van der Waals surface area contributed by atoms with Crippen molar-refractivity contribution in [1.29, 1.82) is 0 Å². The van der Waals surface area contributed by atoms with Crippen LogP contribution in [0.1, 0.15) is 30.9 Å². The number of ether oxygens (including phenoxy) is 2. The van der Waals surface area contributed by atoms with E-state index in [1.165, 1.54) is 16.7 Å². The molecular formula is C26H29N3O3. The fourth-order valence-electron chi connectivity index (χ4n) is 4.78. The second kappa shape index (κ2) is 8.43. The molecule has 2 aliphatic rings. The summed E-state index contributed by atoms with van der Waals surface area (Å²) in [6, 6.07) is 14.8. The van der Waals surface area contributed by atoms with Crippen molar-refractivity contribution in [3.63, 3.8) is 0 Å². The molecule has 0 radical (unpaired) electrons. The summed E-state index contributed by atoms with van der Waals surface area (Å²) < 4.78 is 12.7. The van der Waals surface area contributed by atoms with Crippen molar-refractivity contribution >= 4 is 16.9 Å². The summed E-state index contributed by atoms with van der Waals surface area (Å²) in [7, 11) is 0. The van der Waals surface area contributed by atoms with Crippen LogP contribution in [0.15, 0.2) is 48.7 Å². The summed E-state index contributed by atoms with van der Waals surface area (Å²) in [6.07, 6.45) is 3.98. The van der Waals surface area contributed by atoms with Crippen molar-refractivity contribution < 1.29 is 14.3 Å². The molecule has 0 saturated carbocycles. The van der Waals surface area contributed by atoms with Crippen molar-refractivity contribution in [2.45, 2.75) is 38.9 Å². The number of piperidine rings is 1. The van der Waals surface area contributed by atoms with Gasteiger partial charge in [-0.15, -0.1) is 0 Å². The number of rotatable bonds is 2. The topological polar surface area (TPSA) is 63.7 Å². The first-order valence-corrected chi connectivity index (χ1v) is 11.4. The van der Waals surface area contributed by atoms with Crippen molar-refractivity contribution in [3.05, 3.63) is 59.8 Å². The van der Waals surface area contributed by atoms with Crippen molar-refractivity contribution in [3.8, 4) is 16.9 Å². The Morgan fingerprint density at radius 3 is 2.84 bits per heavy atom. The Hall–Kier alpha value is -3.12. The molecule has 1 aromatic heterocycles. The highest BCUT2D eigenvalue weighted by atomic mass is 16.7. The number of hydrogen-bond donors (Lipinski definition) is 1. The number of carbonyl (C=O) groups excluding carboxylic acids is 1. The standard InChI is InChI=1S/C26H29N3O3/c1-3-27-25(30)29-14-11-26(12-15-29)31-16-10-21-17-20(7-9-23(21)32-26)22-8-6-19-5-4-13-28-24(19)18(22)2/h4-9,13,17H,3,10-12,14-16H2,1-2H3,(H,27,30). The third-order valence-electron chi connectivity index (χ3n) is 6.57. The van der Waals surface area contributed by atoms with E-state index < -0.39 is 5.79 Å². The number of benzene rings is 2. The normalized spacial score (nSPS) is 17.5. The van der Waals surface area contributed by atoms with Gasteiger partial charge < -0.3 is 19.7 Å². The Labute approximate surface area is 188 Å². The van der Waals surface area contributed by atoms with Gasteiger partial charge in [0.25, 0.3) is 0 Å². The van der Waals surface area contributed by atoms with Crippen molar-refractivity contribution in [1.82, 2.24) is 15.2 Å². The largest absolute Gasteiger partial charge is 0.462 e. The molecule has 1 saturated heterocycles. The number of aromatic nitrogens is 1. The molecule has 0 atom stereocenters. The van der Waals surface area contributed by atoms with Gasteiger partial charge in [-0.25, -0.2) is 4.79 Å². The van der Waals surface area contributed by atoms with E-state index in [1.807, 2.05) is 24.1 Å². The summed E-state index contributed by atoms with van der Waals surface area (Å²) in [6.45, 7) is 6.56. The summed E-state index contributed by atoms with van der Waals surface area (Å²) in [5.74, 6) is 0.229. The average Bonchev–Trinajstić information content (AvgIpc) is 2.98. The van der Waals surface area contributed by atoms with Gasteiger partial charge in [-0.05, 0) is 60.7 Å². The molecule has 0 bridgehead atoms. The monoisotopic (exact) mass is 431 g/mol. The smallest absolute Gasteiger partial charge is 0.317 e. The van der Waals surface area contributed by atoms with E-state index in [0.717, 1.165) is 28.6 Å². The molecule has 1 N–H and O–H groups in total. The molecule has 1 fully saturated rings. The lowest BCUT2D eigenvalue weighted by atomic mass is 9.95. The number of urea groups is 1. The molecule has 3 aromatic rings. The van der Waals surface area contributed by atoms with Gasteiger partial charge in [0.2, 0.25) is 5.79 Å². The lowest BCUT2D eigenvalue weighted by molar-refractivity contribution is -0.199. The number of pyridine rings is 1. The van der Waals surface area contributed by atoms with Crippen LogP contribution in [-0.2, 0) is 11.2 Å². The number of carbonyl (C=O) groups is 1. The molecule has 6 heteroatoms. The first-order chi connectivity index (χ1) is 15.6. The van der Waals surface area contributed by atoms with E-state index in [2.05, 4.69) is 53.6 Å². The van der Waals surface area contributed by atoms with E-state index in [-0.39, 0.29) is 6.03 Å². The van der Waals surface area contributed by atoms with Gasteiger partial charge >= 0.3 is 6.03 Å². The first kappa shape index (κ1) is 20.8. The molecule has 1 spiro atoms. The van der Waals surface area contributed by atoms with Crippen molar-refractivity contribution in [2.75, 3.05) is 26.2 Å². The third-order valence-corrected chi connectivity index (χ3v) is 6.57. The Bertz CT molecular complexity index is 1150. The second-order valence-corrected chi connectivity index (χ2v) is 8.57. The number of amides is 2. The molecule has 6 nitrogen and oxygen atoms in total. The van der Waals surface area contributed by atoms with Gasteiger partial charge in [0.1, 0.15) is 5.75 Å². The number of nitrogens with zero attached hydrogens (tertiary/aromatic N) is 2. The molecule has 0 unspecified atom stereocenters. The maximum absolute atomic E-state index is 12.1. The molecule has 3 heterocycles. The van der Waals surface area contributed by atoms with Crippen LogP contribution < -0.4 is 10.1 Å². The molecule has 166 valence electrons. The number of nitrogens with one attached hydrogen (secondary N) is 1. The predicted molar refractivity (Wildman–Crippen MR) is 125 cm³/mol. The van der Waals surface area contributed by atoms with Crippen LogP contribution in [0.3, 0.4) is 0 Å². The Kier molecular flexibility index (Phi) is 5.47. The van der Waals surface area contributed by atoms with Crippen molar-refractivity contribution in [2.24, 2.45) is 0 Å². The van der Waals surface area contributed by atoms with E-state index >= 15 is 0 Å². The lowest BCUT2D eigenvalue weighted by Crippen LogP contribution is -2.53. The highest BCUT2D eigenvalue weighted by Crippen LogP contribution is 2.38. The quantitative estimate of drug-likeness (QED) is 0.640. The van der Waals surface area contributed by atoms with Crippen LogP contribution in [0.2, 0.25) is 0 Å². The Morgan fingerprint density at radius 1 is 1.19 bits per heavy atom. The summed E-state index contributed by atoms with van der Waals surface area (Å²) in [4.78, 5) is 18.6. The predicted octanol–water partition coefficient (Wildman–Crippen LogP) is 4.68. The van der Waals surface area contributed by atoms with E-state index in [0.29, 0.717) is 39.1 Å². The van der Waals surface area contributed by atoms with E-state index in [1.54, 1.807) is 0 Å². The molecule has 2 aromatic carbocycles. The van der Waals surface area contributed by atoms with Crippen LogP contribution in [0, 0.1) is 6.92 Å². The van der Waals surface area contributed by atoms with Gasteiger partial charge in [-0.2, -0.15) is 0 Å². The minimum atomic E-state index is -0.654. The zero-order valence-electron chi connectivity index (χ0n) is 18.7. The number of likely N-dealkylation sites (tertiary alicyclic amines) is 1. The maximum Gasteiger partial charge on any atom is 0.317 e. The molecule has 0 aliphatic carbocycles. The number of hydrogen-bond acceptors (Lipinski definition) is 4. The van der Waals surface area contributed by atoms with E-state index in [9.17, 15) is 4.79 Å². The first-order valence-electron chi connectivity index (χ1n) is 11.4. The number of fused-ring (bicyclic) bond motifs is 2. The minimum Gasteiger partial charge on any atom is -0.462 e. The van der Waals surface area contributed by atoms with Gasteiger partial charge in [-0.1, -0.05) is 24.3 Å². The molecule has 2 aliphatic heterocycles. The maximum atomic E-state index is 12.1. The molecule has 2 amide bonds. The zero-order valence-corrected chi connectivity index (χ0v) is 18.7. The summed E-state index contributed by atoms with van der Waals surface area (Å²) in [5.41, 5.74) is 5.74. The lowest BCUT2D eigenvalue weighted by Gasteiger charge is -2.40. The van der Waals surface area contributed by atoms with Crippen LogP contribution >= 0.6 is 0 Å². The van der Waals surface area contributed by atoms with E-state index in [4.69, 9.17) is 9.47 Å². The van der Waals surface area contributed by atoms with Crippen LogP contribution in [-0.4, -0.2) is 47.9 Å². The highest BCUT2D eigenvalue weighted by molar-refractivity contribution is 5.88. The zero-order chi connectivity index (χ0) is 22.1. The third kappa shape index (κ3) is 3.79. The van der Waals surface area contributed by atoms with Gasteiger partial charge in [0.15, 0.2) is 0 Å². The minimum absolute atomic E-state index is 0.0127. The van der Waals surface area contributed by atoms with Crippen LogP contribution in [0.4, 0.5) is 4.79 Å². The van der Waals surface area contributed by atoms with Crippen LogP contribution in [0.5, 0.6) is 5.75 Å². The molecule has 32 heavy (non-hydrogen) atoms.